The first kappa shape index (κ1) is 17.0. The number of hydrogen-bond acceptors (Lipinski definition) is 3. The van der Waals surface area contributed by atoms with Crippen LogP contribution in [0.1, 0.15) is 41.1 Å². The molecule has 1 saturated carbocycles. The summed E-state index contributed by atoms with van der Waals surface area (Å²) >= 11 is 6.56. The van der Waals surface area contributed by atoms with Gasteiger partial charge in [-0.15, -0.1) is 11.6 Å². The maximum Gasteiger partial charge on any atom is 0.337 e. The molecular formula is C21H21ClN2O2. The maximum absolute atomic E-state index is 11.6. The number of aromatic nitrogens is 1. The lowest BCUT2D eigenvalue weighted by atomic mass is 9.95. The highest BCUT2D eigenvalue weighted by Gasteiger charge is 2.29. The van der Waals surface area contributed by atoms with Gasteiger partial charge < -0.3 is 10.6 Å². The van der Waals surface area contributed by atoms with Gasteiger partial charge in [0.15, 0.2) is 0 Å². The number of fused-ring (bicyclic) bond motifs is 1. The van der Waals surface area contributed by atoms with E-state index in [1.165, 1.54) is 12.7 Å². The Morgan fingerprint density at radius 1 is 1.19 bits per heavy atom. The molecule has 4 rings (SSSR count). The van der Waals surface area contributed by atoms with E-state index >= 15 is 0 Å². The molecule has 4 nitrogen and oxygen atoms in total. The van der Waals surface area contributed by atoms with Crippen LogP contribution in [0.3, 0.4) is 0 Å². The van der Waals surface area contributed by atoms with E-state index in [2.05, 4.69) is 24.3 Å². The third kappa shape index (κ3) is 2.74. The maximum atomic E-state index is 11.6. The van der Waals surface area contributed by atoms with E-state index in [0.29, 0.717) is 11.5 Å². The molecular weight excluding hydrogens is 348 g/mol. The van der Waals surface area contributed by atoms with E-state index in [1.54, 1.807) is 16.8 Å². The van der Waals surface area contributed by atoms with Gasteiger partial charge in [-0.3, -0.25) is 4.68 Å². The fourth-order valence-corrected chi connectivity index (χ4v) is 4.41. The molecule has 2 atom stereocenters. The number of carbonyl (C=O) groups excluding carboxylic acids is 1. The molecule has 0 aliphatic heterocycles. The largest absolute Gasteiger partial charge is 0.465 e. The molecule has 1 aliphatic rings. The highest BCUT2D eigenvalue weighted by molar-refractivity contribution is 6.21. The summed E-state index contributed by atoms with van der Waals surface area (Å²) < 4.78 is 6.50. The lowest BCUT2D eigenvalue weighted by Gasteiger charge is -2.16. The number of nitrogen functional groups attached to an aromatic ring is 1. The van der Waals surface area contributed by atoms with E-state index in [0.717, 1.165) is 41.4 Å². The molecule has 0 bridgehead atoms. The topological polar surface area (TPSA) is 57.2 Å². The summed E-state index contributed by atoms with van der Waals surface area (Å²) in [4.78, 5) is 11.6. The number of methoxy groups -OCH3 is 1. The van der Waals surface area contributed by atoms with Crippen molar-refractivity contribution in [3.63, 3.8) is 0 Å². The van der Waals surface area contributed by atoms with E-state index in [-0.39, 0.29) is 11.3 Å². The number of hydrogen-bond donors (Lipinski definition) is 1. The van der Waals surface area contributed by atoms with Crippen LogP contribution in [-0.4, -0.2) is 23.1 Å². The number of carbonyl (C=O) groups is 1. The van der Waals surface area contributed by atoms with Crippen molar-refractivity contribution in [3.05, 3.63) is 59.7 Å². The number of esters is 1. The van der Waals surface area contributed by atoms with E-state index in [1.807, 2.05) is 12.1 Å². The van der Waals surface area contributed by atoms with Crippen LogP contribution < -0.4 is 5.84 Å². The van der Waals surface area contributed by atoms with Gasteiger partial charge in [0.05, 0.1) is 23.9 Å². The molecule has 0 spiro atoms. The van der Waals surface area contributed by atoms with Crippen molar-refractivity contribution in [2.75, 3.05) is 13.0 Å². The molecule has 1 aromatic heterocycles. The molecule has 26 heavy (non-hydrogen) atoms. The Morgan fingerprint density at radius 2 is 1.96 bits per heavy atom. The minimum absolute atomic E-state index is 0.165. The molecule has 2 aromatic carbocycles. The highest BCUT2D eigenvalue weighted by Crippen LogP contribution is 2.41. The Bertz CT molecular complexity index is 962. The second-order valence-corrected chi connectivity index (χ2v) is 7.37. The van der Waals surface area contributed by atoms with Gasteiger partial charge >= 0.3 is 5.97 Å². The molecule has 0 radical (unpaired) electrons. The second-order valence-electron chi connectivity index (χ2n) is 6.81. The van der Waals surface area contributed by atoms with Gasteiger partial charge in [-0.1, -0.05) is 36.8 Å². The van der Waals surface area contributed by atoms with Gasteiger partial charge in [-0.2, -0.15) is 0 Å². The Labute approximate surface area is 157 Å². The summed E-state index contributed by atoms with van der Waals surface area (Å²) in [5.41, 5.74) is 4.65. The number of ether oxygens (including phenoxy) is 1. The molecule has 1 aliphatic carbocycles. The Kier molecular flexibility index (Phi) is 4.37. The van der Waals surface area contributed by atoms with E-state index in [4.69, 9.17) is 22.2 Å². The number of benzene rings is 2. The monoisotopic (exact) mass is 368 g/mol. The third-order valence-corrected chi connectivity index (χ3v) is 5.85. The first-order valence-electron chi connectivity index (χ1n) is 8.82. The fraction of sp³-hybridized carbons (Fsp3) is 0.286. The van der Waals surface area contributed by atoms with Crippen LogP contribution in [0.4, 0.5) is 0 Å². The SMILES string of the molecule is COC(=O)c1ccc(-c2cc3cccc(C4CCCC4Cl)c3n2N)cc1. The van der Waals surface area contributed by atoms with Gasteiger partial charge in [0, 0.05) is 22.2 Å². The van der Waals surface area contributed by atoms with Crippen molar-refractivity contribution in [3.8, 4) is 11.3 Å². The van der Waals surface area contributed by atoms with Crippen molar-refractivity contribution in [1.29, 1.82) is 0 Å². The molecule has 1 heterocycles. The lowest BCUT2D eigenvalue weighted by molar-refractivity contribution is 0.0601. The molecule has 3 aromatic rings. The predicted octanol–water partition coefficient (Wildman–Crippen LogP) is 4.68. The summed E-state index contributed by atoms with van der Waals surface area (Å²) in [5.74, 6) is 6.48. The van der Waals surface area contributed by atoms with Crippen LogP contribution in [0.15, 0.2) is 48.5 Å². The number of alkyl halides is 1. The van der Waals surface area contributed by atoms with E-state index < -0.39 is 0 Å². The Balaban J connectivity index is 1.80. The number of rotatable bonds is 3. The van der Waals surface area contributed by atoms with Crippen LogP contribution in [0.25, 0.3) is 22.2 Å². The minimum atomic E-state index is -0.346. The number of nitrogens with two attached hydrogens (primary N) is 1. The number of halogens is 1. The van der Waals surface area contributed by atoms with Crippen LogP contribution in [-0.2, 0) is 4.74 Å². The summed E-state index contributed by atoms with van der Waals surface area (Å²) in [7, 11) is 1.38. The fourth-order valence-electron chi connectivity index (χ4n) is 3.99. The molecule has 5 heteroatoms. The summed E-state index contributed by atoms with van der Waals surface area (Å²) in [6.45, 7) is 0. The standard InChI is InChI=1S/C21H21ClN2O2/c1-26-21(25)14-10-8-13(9-11-14)19-12-15-4-2-6-17(20(15)24(19)23)16-5-3-7-18(16)22/h2,4,6,8-12,16,18H,3,5,7,23H2,1H3. The smallest absolute Gasteiger partial charge is 0.337 e. The van der Waals surface area contributed by atoms with Gasteiger partial charge in [0.25, 0.3) is 0 Å². The highest BCUT2D eigenvalue weighted by atomic mass is 35.5. The zero-order valence-corrected chi connectivity index (χ0v) is 15.4. The second kappa shape index (κ2) is 6.69. The van der Waals surface area contributed by atoms with Gasteiger partial charge in [0.1, 0.15) is 0 Å². The van der Waals surface area contributed by atoms with Crippen LogP contribution >= 0.6 is 11.6 Å². The van der Waals surface area contributed by atoms with Gasteiger partial charge in [0.2, 0.25) is 0 Å². The average molecular weight is 369 g/mol. The third-order valence-electron chi connectivity index (χ3n) is 5.32. The zero-order valence-electron chi connectivity index (χ0n) is 14.6. The number of para-hydroxylation sites is 1. The van der Waals surface area contributed by atoms with Crippen molar-refractivity contribution in [2.45, 2.75) is 30.6 Å². The molecule has 2 N–H and O–H groups in total. The van der Waals surface area contributed by atoms with Gasteiger partial charge in [-0.05, 0) is 36.6 Å². The zero-order chi connectivity index (χ0) is 18.3. The quantitative estimate of drug-likeness (QED) is 0.414. The number of nitrogens with zero attached hydrogens (tertiary/aromatic N) is 1. The molecule has 0 amide bonds. The van der Waals surface area contributed by atoms with Crippen molar-refractivity contribution in [1.82, 2.24) is 4.68 Å². The Morgan fingerprint density at radius 3 is 2.62 bits per heavy atom. The Hall–Kier alpha value is -2.46. The summed E-state index contributed by atoms with van der Waals surface area (Å²) in [6.07, 6.45) is 3.31. The lowest BCUT2D eigenvalue weighted by Crippen LogP contribution is -2.13. The molecule has 0 saturated heterocycles. The molecule has 2 unspecified atom stereocenters. The summed E-state index contributed by atoms with van der Waals surface area (Å²) in [5, 5.41) is 1.27. The molecule has 134 valence electrons. The van der Waals surface area contributed by atoms with Gasteiger partial charge in [-0.25, -0.2) is 4.79 Å². The van der Waals surface area contributed by atoms with Crippen LogP contribution in [0.2, 0.25) is 0 Å². The predicted molar refractivity (Wildman–Crippen MR) is 105 cm³/mol. The summed E-state index contributed by atoms with van der Waals surface area (Å²) in [6, 6.07) is 15.7. The average Bonchev–Trinajstić information content (AvgIpc) is 3.24. The normalized spacial score (nSPS) is 19.8. The van der Waals surface area contributed by atoms with Crippen molar-refractivity contribution >= 4 is 28.5 Å². The van der Waals surface area contributed by atoms with Crippen LogP contribution in [0, 0.1) is 0 Å². The van der Waals surface area contributed by atoms with E-state index in [9.17, 15) is 4.79 Å². The molecule has 1 fully saturated rings. The van der Waals surface area contributed by atoms with Crippen LogP contribution in [0.5, 0.6) is 0 Å². The first-order valence-corrected chi connectivity index (χ1v) is 9.26. The van der Waals surface area contributed by atoms with Crippen molar-refractivity contribution in [2.24, 2.45) is 0 Å². The minimum Gasteiger partial charge on any atom is -0.465 e. The van der Waals surface area contributed by atoms with Crippen molar-refractivity contribution < 1.29 is 9.53 Å². The first-order chi connectivity index (χ1) is 12.6.